The van der Waals surface area contributed by atoms with Crippen LogP contribution in [-0.4, -0.2) is 36.4 Å². The maximum atomic E-state index is 13.1. The molecule has 1 atom stereocenters. The summed E-state index contributed by atoms with van der Waals surface area (Å²) in [5.41, 5.74) is 1.07. The summed E-state index contributed by atoms with van der Waals surface area (Å²) in [4.78, 5) is 4.72. The standard InChI is InChI=1S/C18H19FN4OS/c1-13(17-20-21-18(24-17)16-3-2-12-25-16)22-8-10-23(11-9-22)15-6-4-14(19)5-7-15/h2-7,12-13H,8-11H2,1H3/p+1/t13-/m0/s1. The molecule has 0 spiro atoms. The van der Waals surface area contributed by atoms with Crippen LogP contribution in [0.1, 0.15) is 18.9 Å². The monoisotopic (exact) mass is 359 g/mol. The molecule has 1 aliphatic heterocycles. The van der Waals surface area contributed by atoms with Crippen molar-refractivity contribution in [2.24, 2.45) is 0 Å². The Labute approximate surface area is 149 Å². The summed E-state index contributed by atoms with van der Waals surface area (Å²) in [5, 5.41) is 10.4. The first-order chi connectivity index (χ1) is 12.2. The molecule has 5 nitrogen and oxygen atoms in total. The highest BCUT2D eigenvalue weighted by molar-refractivity contribution is 7.13. The van der Waals surface area contributed by atoms with Crippen LogP contribution < -0.4 is 9.80 Å². The van der Waals surface area contributed by atoms with Gasteiger partial charge in [0.25, 0.3) is 11.8 Å². The Balaban J connectivity index is 1.39. The van der Waals surface area contributed by atoms with Crippen molar-refractivity contribution in [3.8, 4) is 10.8 Å². The first-order valence-corrected chi connectivity index (χ1v) is 9.31. The van der Waals surface area contributed by atoms with Crippen LogP contribution in [0, 0.1) is 5.82 Å². The Morgan fingerprint density at radius 2 is 1.92 bits per heavy atom. The van der Waals surface area contributed by atoms with E-state index in [4.69, 9.17) is 4.42 Å². The van der Waals surface area contributed by atoms with E-state index in [1.807, 2.05) is 29.6 Å². The van der Waals surface area contributed by atoms with Crippen LogP contribution in [-0.2, 0) is 0 Å². The fourth-order valence-electron chi connectivity index (χ4n) is 3.22. The van der Waals surface area contributed by atoms with Crippen LogP contribution in [0.5, 0.6) is 0 Å². The number of nitrogens with one attached hydrogen (secondary N) is 1. The van der Waals surface area contributed by atoms with Gasteiger partial charge in [0, 0.05) is 5.69 Å². The molecule has 1 aliphatic rings. The summed E-state index contributed by atoms with van der Waals surface area (Å²) in [6.07, 6.45) is 0. The smallest absolute Gasteiger partial charge is 0.274 e. The second-order valence-corrected chi connectivity index (χ2v) is 7.21. The topological polar surface area (TPSA) is 46.6 Å². The molecule has 130 valence electrons. The van der Waals surface area contributed by atoms with Gasteiger partial charge in [-0.25, -0.2) is 4.39 Å². The van der Waals surface area contributed by atoms with Crippen LogP contribution in [0.3, 0.4) is 0 Å². The SMILES string of the molecule is C[C@@H](c1nnc(-c2cccs2)o1)[NH+]1CCN(c2ccc(F)cc2)CC1. The van der Waals surface area contributed by atoms with Gasteiger partial charge in [0.1, 0.15) is 5.82 Å². The molecule has 4 rings (SSSR count). The van der Waals surface area contributed by atoms with Crippen LogP contribution >= 0.6 is 11.3 Å². The minimum atomic E-state index is -0.195. The summed E-state index contributed by atoms with van der Waals surface area (Å²) in [6.45, 7) is 5.95. The number of nitrogens with zero attached hydrogens (tertiary/aromatic N) is 3. The number of hydrogen-bond donors (Lipinski definition) is 1. The third kappa shape index (κ3) is 3.43. The minimum Gasteiger partial charge on any atom is -0.414 e. The highest BCUT2D eigenvalue weighted by Gasteiger charge is 2.29. The molecule has 1 fully saturated rings. The van der Waals surface area contributed by atoms with E-state index in [1.165, 1.54) is 17.0 Å². The Bertz CT molecular complexity index is 810. The van der Waals surface area contributed by atoms with Gasteiger partial charge in [-0.05, 0) is 42.6 Å². The van der Waals surface area contributed by atoms with E-state index in [0.29, 0.717) is 11.8 Å². The summed E-state index contributed by atoms with van der Waals surface area (Å²) >= 11 is 1.60. The van der Waals surface area contributed by atoms with E-state index in [0.717, 1.165) is 36.7 Å². The third-order valence-corrected chi connectivity index (χ3v) is 5.61. The van der Waals surface area contributed by atoms with Crippen LogP contribution in [0.2, 0.25) is 0 Å². The van der Waals surface area contributed by atoms with E-state index in [1.54, 1.807) is 11.3 Å². The van der Waals surface area contributed by atoms with Gasteiger partial charge in [-0.2, -0.15) is 0 Å². The number of anilines is 1. The zero-order chi connectivity index (χ0) is 17.2. The van der Waals surface area contributed by atoms with Crippen LogP contribution in [0.15, 0.2) is 46.2 Å². The maximum Gasteiger partial charge on any atom is 0.274 e. The van der Waals surface area contributed by atoms with Crippen molar-refractivity contribution in [2.75, 3.05) is 31.1 Å². The third-order valence-electron chi connectivity index (χ3n) is 4.75. The molecule has 7 heteroatoms. The van der Waals surface area contributed by atoms with Crippen molar-refractivity contribution in [3.05, 3.63) is 53.5 Å². The van der Waals surface area contributed by atoms with Crippen molar-refractivity contribution < 1.29 is 13.7 Å². The van der Waals surface area contributed by atoms with Gasteiger partial charge in [-0.1, -0.05) is 6.07 Å². The van der Waals surface area contributed by atoms with E-state index < -0.39 is 0 Å². The molecule has 1 saturated heterocycles. The quantitative estimate of drug-likeness (QED) is 0.777. The van der Waals surface area contributed by atoms with Crippen LogP contribution in [0.25, 0.3) is 10.8 Å². The zero-order valence-electron chi connectivity index (χ0n) is 14.0. The van der Waals surface area contributed by atoms with Crippen molar-refractivity contribution in [3.63, 3.8) is 0 Å². The lowest BCUT2D eigenvalue weighted by Crippen LogP contribution is -3.14. The highest BCUT2D eigenvalue weighted by Crippen LogP contribution is 2.24. The van der Waals surface area contributed by atoms with Gasteiger partial charge in [0.2, 0.25) is 0 Å². The number of rotatable bonds is 4. The first kappa shape index (κ1) is 16.2. The molecule has 0 saturated carbocycles. The molecule has 0 amide bonds. The lowest BCUT2D eigenvalue weighted by molar-refractivity contribution is -0.931. The average molecular weight is 359 g/mol. The molecule has 0 bridgehead atoms. The highest BCUT2D eigenvalue weighted by atomic mass is 32.1. The van der Waals surface area contributed by atoms with Gasteiger partial charge in [0.15, 0.2) is 6.04 Å². The number of aromatic nitrogens is 2. The van der Waals surface area contributed by atoms with E-state index in [-0.39, 0.29) is 11.9 Å². The zero-order valence-corrected chi connectivity index (χ0v) is 14.8. The molecule has 0 radical (unpaired) electrons. The molecule has 1 aromatic carbocycles. The molecule has 25 heavy (non-hydrogen) atoms. The number of thiophene rings is 1. The predicted molar refractivity (Wildman–Crippen MR) is 95.3 cm³/mol. The summed E-state index contributed by atoms with van der Waals surface area (Å²) in [5.74, 6) is 1.09. The predicted octanol–water partition coefficient (Wildman–Crippen LogP) is 2.40. The second-order valence-electron chi connectivity index (χ2n) is 6.27. The number of hydrogen-bond acceptors (Lipinski definition) is 5. The Morgan fingerprint density at radius 1 is 1.16 bits per heavy atom. The number of halogens is 1. The number of quaternary nitrogens is 1. The molecule has 3 aromatic rings. The summed E-state index contributed by atoms with van der Waals surface area (Å²) in [7, 11) is 0. The van der Waals surface area contributed by atoms with Gasteiger partial charge in [-0.3, -0.25) is 0 Å². The van der Waals surface area contributed by atoms with Gasteiger partial charge in [0.05, 0.1) is 31.1 Å². The lowest BCUT2D eigenvalue weighted by Gasteiger charge is -2.35. The Morgan fingerprint density at radius 3 is 2.60 bits per heavy atom. The molecular formula is C18H20FN4OS+. The van der Waals surface area contributed by atoms with Gasteiger partial charge < -0.3 is 14.2 Å². The van der Waals surface area contributed by atoms with E-state index in [9.17, 15) is 4.39 Å². The maximum absolute atomic E-state index is 13.1. The first-order valence-electron chi connectivity index (χ1n) is 8.43. The molecule has 3 heterocycles. The van der Waals surface area contributed by atoms with E-state index >= 15 is 0 Å². The second kappa shape index (κ2) is 6.93. The largest absolute Gasteiger partial charge is 0.414 e. The van der Waals surface area contributed by atoms with Gasteiger partial charge >= 0.3 is 0 Å². The Hall–Kier alpha value is -2.25. The molecule has 0 aliphatic carbocycles. The van der Waals surface area contributed by atoms with Crippen molar-refractivity contribution in [1.29, 1.82) is 0 Å². The van der Waals surface area contributed by atoms with Crippen molar-refractivity contribution >= 4 is 17.0 Å². The number of piperazine rings is 1. The van der Waals surface area contributed by atoms with Gasteiger partial charge in [-0.15, -0.1) is 21.5 Å². The average Bonchev–Trinajstić information content (AvgIpc) is 3.33. The van der Waals surface area contributed by atoms with Crippen molar-refractivity contribution in [2.45, 2.75) is 13.0 Å². The number of benzene rings is 1. The molecule has 1 N–H and O–H groups in total. The summed E-state index contributed by atoms with van der Waals surface area (Å²) < 4.78 is 18.9. The fraction of sp³-hybridized carbons (Fsp3) is 0.333. The molecule has 2 aromatic heterocycles. The Kier molecular flexibility index (Phi) is 4.50. The molecule has 0 unspecified atom stereocenters. The van der Waals surface area contributed by atoms with Crippen LogP contribution in [0.4, 0.5) is 10.1 Å². The fourth-order valence-corrected chi connectivity index (χ4v) is 3.87. The van der Waals surface area contributed by atoms with E-state index in [2.05, 4.69) is 22.0 Å². The van der Waals surface area contributed by atoms with Crippen molar-refractivity contribution in [1.82, 2.24) is 10.2 Å². The minimum absolute atomic E-state index is 0.164. The summed E-state index contributed by atoms with van der Waals surface area (Å²) in [6, 6.07) is 10.8. The molecular weight excluding hydrogens is 339 g/mol. The lowest BCUT2D eigenvalue weighted by atomic mass is 10.2. The normalized spacial score (nSPS) is 17.0.